The molecule has 1 heterocycles. The van der Waals surface area contributed by atoms with Crippen molar-refractivity contribution < 1.29 is 4.92 Å². The molecule has 14 heavy (non-hydrogen) atoms. The van der Waals surface area contributed by atoms with Gasteiger partial charge in [-0.05, 0) is 6.92 Å². The highest BCUT2D eigenvalue weighted by Gasteiger charge is 2.12. The van der Waals surface area contributed by atoms with Gasteiger partial charge < -0.3 is 10.7 Å². The van der Waals surface area contributed by atoms with Gasteiger partial charge in [-0.3, -0.25) is 10.1 Å². The number of anilines is 1. The maximum absolute atomic E-state index is 10.5. The average Bonchev–Trinajstić information content (AvgIpc) is 2.16. The van der Waals surface area contributed by atoms with E-state index in [4.69, 9.17) is 5.41 Å². The molecule has 0 saturated heterocycles. The van der Waals surface area contributed by atoms with E-state index in [9.17, 15) is 10.1 Å². The quantitative estimate of drug-likeness (QED) is 0.432. The van der Waals surface area contributed by atoms with Crippen LogP contribution in [0.4, 0.5) is 11.5 Å². The van der Waals surface area contributed by atoms with Crippen LogP contribution in [0.2, 0.25) is 0 Å². The molecule has 0 fully saturated rings. The lowest BCUT2D eigenvalue weighted by molar-refractivity contribution is -0.385. The predicted octanol–water partition coefficient (Wildman–Crippen LogP) is 1.42. The van der Waals surface area contributed by atoms with Gasteiger partial charge in [-0.2, -0.15) is 0 Å². The van der Waals surface area contributed by atoms with Gasteiger partial charge in [-0.25, -0.2) is 4.98 Å². The first-order valence-electron chi connectivity index (χ1n) is 3.94. The first kappa shape index (κ1) is 10.1. The van der Waals surface area contributed by atoms with Gasteiger partial charge in [0.05, 0.1) is 4.92 Å². The van der Waals surface area contributed by atoms with Crippen LogP contribution in [0.15, 0.2) is 12.3 Å². The van der Waals surface area contributed by atoms with E-state index in [-0.39, 0.29) is 11.4 Å². The highest BCUT2D eigenvalue weighted by atomic mass is 16.6. The molecule has 0 bridgehead atoms. The molecule has 0 saturated carbocycles. The Bertz CT molecular complexity index is 389. The molecule has 1 aromatic heterocycles. The Labute approximate surface area is 80.6 Å². The van der Waals surface area contributed by atoms with E-state index in [1.54, 1.807) is 14.0 Å². The molecular weight excluding hydrogens is 184 g/mol. The molecule has 0 amide bonds. The van der Waals surface area contributed by atoms with Crippen molar-refractivity contribution in [1.29, 1.82) is 5.41 Å². The van der Waals surface area contributed by atoms with Crippen LogP contribution in [0.3, 0.4) is 0 Å². The highest BCUT2D eigenvalue weighted by molar-refractivity contribution is 6.01. The third kappa shape index (κ3) is 1.85. The molecule has 0 atom stereocenters. The minimum absolute atomic E-state index is 0.106. The smallest absolute Gasteiger partial charge is 0.288 e. The normalized spacial score (nSPS) is 9.57. The standard InChI is InChI=1S/C8H10N4O2/c1-5(9)7-3-6(12(13)14)4-11-8(7)10-2/h3-4,9H,1-2H3,(H,10,11). The molecule has 0 radical (unpaired) electrons. The Balaban J connectivity index is 3.27. The monoisotopic (exact) mass is 194 g/mol. The molecule has 1 aromatic rings. The van der Waals surface area contributed by atoms with Crippen LogP contribution >= 0.6 is 0 Å². The third-order valence-electron chi connectivity index (χ3n) is 1.72. The Hall–Kier alpha value is -1.98. The van der Waals surface area contributed by atoms with Crippen LogP contribution < -0.4 is 5.32 Å². The first-order valence-corrected chi connectivity index (χ1v) is 3.94. The lowest BCUT2D eigenvalue weighted by atomic mass is 10.1. The maximum atomic E-state index is 10.5. The second-order valence-electron chi connectivity index (χ2n) is 2.72. The van der Waals surface area contributed by atoms with E-state index in [0.29, 0.717) is 11.4 Å². The van der Waals surface area contributed by atoms with Crippen molar-refractivity contribution in [2.75, 3.05) is 12.4 Å². The molecule has 0 unspecified atom stereocenters. The molecule has 6 heteroatoms. The lowest BCUT2D eigenvalue weighted by Crippen LogP contribution is -2.04. The second kappa shape index (κ2) is 3.82. The molecule has 0 aliphatic heterocycles. The van der Waals surface area contributed by atoms with Crippen LogP contribution in [0.25, 0.3) is 0 Å². The van der Waals surface area contributed by atoms with E-state index in [0.717, 1.165) is 6.20 Å². The van der Waals surface area contributed by atoms with Gasteiger partial charge in [-0.1, -0.05) is 0 Å². The number of rotatable bonds is 3. The van der Waals surface area contributed by atoms with Crippen LogP contribution in [0.1, 0.15) is 12.5 Å². The second-order valence-corrected chi connectivity index (χ2v) is 2.72. The average molecular weight is 194 g/mol. The summed E-state index contributed by atoms with van der Waals surface area (Å²) in [5.41, 5.74) is 0.581. The zero-order chi connectivity index (χ0) is 10.7. The minimum Gasteiger partial charge on any atom is -0.373 e. The van der Waals surface area contributed by atoms with Crippen molar-refractivity contribution in [3.8, 4) is 0 Å². The van der Waals surface area contributed by atoms with E-state index >= 15 is 0 Å². The molecule has 2 N–H and O–H groups in total. The van der Waals surface area contributed by atoms with Crippen LogP contribution in [-0.4, -0.2) is 22.7 Å². The summed E-state index contributed by atoms with van der Waals surface area (Å²) in [4.78, 5) is 13.8. The molecule has 6 nitrogen and oxygen atoms in total. The number of pyridine rings is 1. The topological polar surface area (TPSA) is 91.9 Å². The van der Waals surface area contributed by atoms with Crippen molar-refractivity contribution in [3.63, 3.8) is 0 Å². The summed E-state index contributed by atoms with van der Waals surface area (Å²) in [6.07, 6.45) is 1.16. The number of hydrogen-bond acceptors (Lipinski definition) is 5. The van der Waals surface area contributed by atoms with Crippen molar-refractivity contribution in [3.05, 3.63) is 27.9 Å². The summed E-state index contributed by atoms with van der Waals surface area (Å²) in [6, 6.07) is 1.33. The molecule has 0 aromatic carbocycles. The van der Waals surface area contributed by atoms with Gasteiger partial charge in [0.1, 0.15) is 12.0 Å². The predicted molar refractivity (Wildman–Crippen MR) is 52.9 cm³/mol. The third-order valence-corrected chi connectivity index (χ3v) is 1.72. The SMILES string of the molecule is CNc1ncc([N+](=O)[O-])cc1C(C)=N. The van der Waals surface area contributed by atoms with Crippen molar-refractivity contribution >= 4 is 17.2 Å². The van der Waals surface area contributed by atoms with Gasteiger partial charge in [0.2, 0.25) is 0 Å². The summed E-state index contributed by atoms with van der Waals surface area (Å²) in [6.45, 7) is 1.56. The summed E-state index contributed by atoms with van der Waals surface area (Å²) in [5, 5.41) is 20.6. The summed E-state index contributed by atoms with van der Waals surface area (Å²) in [7, 11) is 1.65. The van der Waals surface area contributed by atoms with E-state index in [2.05, 4.69) is 10.3 Å². The number of nitrogens with zero attached hydrogens (tertiary/aromatic N) is 2. The van der Waals surface area contributed by atoms with Gasteiger partial charge in [-0.15, -0.1) is 0 Å². The van der Waals surface area contributed by atoms with Crippen LogP contribution in [0, 0.1) is 15.5 Å². The van der Waals surface area contributed by atoms with E-state index < -0.39 is 4.92 Å². The fraction of sp³-hybridized carbons (Fsp3) is 0.250. The fourth-order valence-corrected chi connectivity index (χ4v) is 1.04. The molecular formula is C8H10N4O2. The fourth-order valence-electron chi connectivity index (χ4n) is 1.04. The number of nitro groups is 1. The van der Waals surface area contributed by atoms with Crippen LogP contribution in [0.5, 0.6) is 0 Å². The molecule has 1 rings (SSSR count). The Morgan fingerprint density at radius 1 is 1.71 bits per heavy atom. The number of hydrogen-bond donors (Lipinski definition) is 2. The molecule has 0 spiro atoms. The molecule has 0 aliphatic carbocycles. The largest absolute Gasteiger partial charge is 0.373 e. The maximum Gasteiger partial charge on any atom is 0.288 e. The van der Waals surface area contributed by atoms with Gasteiger partial charge in [0, 0.05) is 24.4 Å². The highest BCUT2D eigenvalue weighted by Crippen LogP contribution is 2.18. The van der Waals surface area contributed by atoms with Crippen LogP contribution in [-0.2, 0) is 0 Å². The van der Waals surface area contributed by atoms with E-state index in [1.165, 1.54) is 6.07 Å². The van der Waals surface area contributed by atoms with Crippen molar-refractivity contribution in [1.82, 2.24) is 4.98 Å². The van der Waals surface area contributed by atoms with Crippen molar-refractivity contribution in [2.45, 2.75) is 6.92 Å². The zero-order valence-electron chi connectivity index (χ0n) is 7.87. The van der Waals surface area contributed by atoms with Crippen molar-refractivity contribution in [2.24, 2.45) is 0 Å². The summed E-state index contributed by atoms with van der Waals surface area (Å²) in [5.74, 6) is 0.475. The summed E-state index contributed by atoms with van der Waals surface area (Å²) < 4.78 is 0. The zero-order valence-corrected chi connectivity index (χ0v) is 7.87. The van der Waals surface area contributed by atoms with Gasteiger partial charge in [0.15, 0.2) is 0 Å². The van der Waals surface area contributed by atoms with E-state index in [1.807, 2.05) is 0 Å². The lowest BCUT2D eigenvalue weighted by Gasteiger charge is -2.05. The molecule has 74 valence electrons. The Morgan fingerprint density at radius 3 is 2.79 bits per heavy atom. The number of aromatic nitrogens is 1. The minimum atomic E-state index is -0.529. The van der Waals surface area contributed by atoms with Gasteiger partial charge in [0.25, 0.3) is 5.69 Å². The van der Waals surface area contributed by atoms with Gasteiger partial charge >= 0.3 is 0 Å². The first-order chi connectivity index (χ1) is 6.56. The Kier molecular flexibility index (Phi) is 2.76. The number of nitrogens with one attached hydrogen (secondary N) is 2. The molecule has 0 aliphatic rings. The Morgan fingerprint density at radius 2 is 2.36 bits per heavy atom. The summed E-state index contributed by atoms with van der Waals surface area (Å²) >= 11 is 0.